The molecule has 6 nitrogen and oxygen atoms in total. The monoisotopic (exact) mass is 317 g/mol. The number of hydrogen-bond donors (Lipinski definition) is 1. The SMILES string of the molecule is Nc1ccc(Cl)cc1N1CCN(C(=O)c2cnccn2)CC1. The molecular weight excluding hydrogens is 302 g/mol. The van der Waals surface area contributed by atoms with Crippen molar-refractivity contribution < 1.29 is 4.79 Å². The molecule has 2 heterocycles. The average molecular weight is 318 g/mol. The standard InChI is InChI=1S/C15H16ClN5O/c16-11-1-2-12(17)14(9-11)20-5-7-21(8-6-20)15(22)13-10-18-3-4-19-13/h1-4,9-10H,5-8,17H2. The van der Waals surface area contributed by atoms with Gasteiger partial charge in [-0.05, 0) is 18.2 Å². The van der Waals surface area contributed by atoms with E-state index in [9.17, 15) is 4.79 Å². The van der Waals surface area contributed by atoms with Gasteiger partial charge >= 0.3 is 0 Å². The van der Waals surface area contributed by atoms with Gasteiger partial charge in [-0.3, -0.25) is 9.78 Å². The summed E-state index contributed by atoms with van der Waals surface area (Å²) in [7, 11) is 0. The minimum absolute atomic E-state index is 0.0909. The normalized spacial score (nSPS) is 15.0. The molecule has 0 saturated carbocycles. The van der Waals surface area contributed by atoms with Crippen LogP contribution in [0.4, 0.5) is 11.4 Å². The third-order valence-electron chi connectivity index (χ3n) is 3.68. The van der Waals surface area contributed by atoms with Crippen molar-refractivity contribution in [3.05, 3.63) is 47.5 Å². The Morgan fingerprint density at radius 1 is 1.18 bits per heavy atom. The van der Waals surface area contributed by atoms with Gasteiger partial charge in [0, 0.05) is 43.6 Å². The van der Waals surface area contributed by atoms with E-state index in [1.807, 2.05) is 6.07 Å². The molecule has 0 spiro atoms. The van der Waals surface area contributed by atoms with Crippen molar-refractivity contribution in [3.63, 3.8) is 0 Å². The van der Waals surface area contributed by atoms with Crippen molar-refractivity contribution in [3.8, 4) is 0 Å². The van der Waals surface area contributed by atoms with Crippen LogP contribution in [0.2, 0.25) is 5.02 Å². The van der Waals surface area contributed by atoms with E-state index in [-0.39, 0.29) is 5.91 Å². The van der Waals surface area contributed by atoms with Crippen LogP contribution in [0.3, 0.4) is 0 Å². The minimum Gasteiger partial charge on any atom is -0.397 e. The van der Waals surface area contributed by atoms with Crippen LogP contribution in [0.25, 0.3) is 0 Å². The molecule has 0 atom stereocenters. The average Bonchev–Trinajstić information content (AvgIpc) is 2.57. The molecular formula is C15H16ClN5O. The Balaban J connectivity index is 1.68. The zero-order valence-electron chi connectivity index (χ0n) is 11.9. The molecule has 1 fully saturated rings. The van der Waals surface area contributed by atoms with Crippen LogP contribution in [-0.4, -0.2) is 47.0 Å². The number of amides is 1. The van der Waals surface area contributed by atoms with Crippen molar-refractivity contribution in [2.24, 2.45) is 0 Å². The van der Waals surface area contributed by atoms with Crippen molar-refractivity contribution in [2.45, 2.75) is 0 Å². The lowest BCUT2D eigenvalue weighted by atomic mass is 10.2. The highest BCUT2D eigenvalue weighted by Crippen LogP contribution is 2.27. The van der Waals surface area contributed by atoms with E-state index in [0.717, 1.165) is 5.69 Å². The number of nitrogens with zero attached hydrogens (tertiary/aromatic N) is 4. The Kier molecular flexibility index (Phi) is 4.11. The second-order valence-corrected chi connectivity index (χ2v) is 5.51. The number of nitrogens with two attached hydrogens (primary N) is 1. The highest BCUT2D eigenvalue weighted by atomic mass is 35.5. The Morgan fingerprint density at radius 2 is 1.95 bits per heavy atom. The van der Waals surface area contributed by atoms with Gasteiger partial charge in [-0.25, -0.2) is 4.98 Å². The van der Waals surface area contributed by atoms with Crippen LogP contribution in [0.15, 0.2) is 36.8 Å². The molecule has 114 valence electrons. The van der Waals surface area contributed by atoms with E-state index in [4.69, 9.17) is 17.3 Å². The van der Waals surface area contributed by atoms with Gasteiger partial charge in [-0.2, -0.15) is 0 Å². The van der Waals surface area contributed by atoms with Crippen LogP contribution in [0.1, 0.15) is 10.5 Å². The van der Waals surface area contributed by atoms with E-state index < -0.39 is 0 Å². The van der Waals surface area contributed by atoms with E-state index >= 15 is 0 Å². The summed E-state index contributed by atoms with van der Waals surface area (Å²) in [5.41, 5.74) is 7.99. The van der Waals surface area contributed by atoms with E-state index in [0.29, 0.717) is 42.6 Å². The number of piperazine rings is 1. The maximum atomic E-state index is 12.3. The molecule has 2 aromatic rings. The van der Waals surface area contributed by atoms with Gasteiger partial charge in [-0.15, -0.1) is 0 Å². The summed E-state index contributed by atoms with van der Waals surface area (Å²) in [5, 5.41) is 0.655. The lowest BCUT2D eigenvalue weighted by molar-refractivity contribution is 0.0740. The highest BCUT2D eigenvalue weighted by molar-refractivity contribution is 6.31. The largest absolute Gasteiger partial charge is 0.397 e. The van der Waals surface area contributed by atoms with Gasteiger partial charge in [0.2, 0.25) is 0 Å². The summed E-state index contributed by atoms with van der Waals surface area (Å²) < 4.78 is 0. The number of benzene rings is 1. The summed E-state index contributed by atoms with van der Waals surface area (Å²) >= 11 is 6.03. The second kappa shape index (κ2) is 6.19. The first kappa shape index (κ1) is 14.6. The number of aromatic nitrogens is 2. The van der Waals surface area contributed by atoms with Crippen LogP contribution in [0, 0.1) is 0 Å². The summed E-state index contributed by atoms with van der Waals surface area (Å²) in [6.45, 7) is 2.63. The zero-order valence-corrected chi connectivity index (χ0v) is 12.7. The number of halogens is 1. The number of nitrogen functional groups attached to an aromatic ring is 1. The molecule has 1 saturated heterocycles. The smallest absolute Gasteiger partial charge is 0.274 e. The van der Waals surface area contributed by atoms with Crippen LogP contribution < -0.4 is 10.6 Å². The van der Waals surface area contributed by atoms with Gasteiger partial charge in [-0.1, -0.05) is 11.6 Å². The lowest BCUT2D eigenvalue weighted by Crippen LogP contribution is -2.49. The Morgan fingerprint density at radius 3 is 2.64 bits per heavy atom. The van der Waals surface area contributed by atoms with Gasteiger partial charge < -0.3 is 15.5 Å². The molecule has 0 radical (unpaired) electrons. The summed E-state index contributed by atoms with van der Waals surface area (Å²) in [6.07, 6.45) is 4.57. The topological polar surface area (TPSA) is 75.3 Å². The van der Waals surface area contributed by atoms with E-state index in [2.05, 4.69) is 14.9 Å². The molecule has 1 aromatic heterocycles. The van der Waals surface area contributed by atoms with Crippen molar-refractivity contribution >= 4 is 28.9 Å². The fraction of sp³-hybridized carbons (Fsp3) is 0.267. The molecule has 0 aliphatic carbocycles. The van der Waals surface area contributed by atoms with Crippen molar-refractivity contribution in [2.75, 3.05) is 36.8 Å². The number of rotatable bonds is 2. The minimum atomic E-state index is -0.0909. The van der Waals surface area contributed by atoms with Crippen LogP contribution in [-0.2, 0) is 0 Å². The molecule has 0 bridgehead atoms. The van der Waals surface area contributed by atoms with Crippen molar-refractivity contribution in [1.82, 2.24) is 14.9 Å². The quantitative estimate of drug-likeness (QED) is 0.853. The van der Waals surface area contributed by atoms with Gasteiger partial charge in [0.15, 0.2) is 0 Å². The van der Waals surface area contributed by atoms with Gasteiger partial charge in [0.25, 0.3) is 5.91 Å². The van der Waals surface area contributed by atoms with Crippen molar-refractivity contribution in [1.29, 1.82) is 0 Å². The predicted octanol–water partition coefficient (Wildman–Crippen LogP) is 1.67. The maximum absolute atomic E-state index is 12.3. The molecule has 1 amide bonds. The molecule has 2 N–H and O–H groups in total. The summed E-state index contributed by atoms with van der Waals surface area (Å²) in [5.74, 6) is -0.0909. The highest BCUT2D eigenvalue weighted by Gasteiger charge is 2.24. The van der Waals surface area contributed by atoms with Gasteiger partial charge in [0.05, 0.1) is 17.6 Å². The first-order valence-corrected chi connectivity index (χ1v) is 7.38. The molecule has 3 rings (SSSR count). The Bertz CT molecular complexity index is 671. The zero-order chi connectivity index (χ0) is 15.5. The molecule has 7 heteroatoms. The third-order valence-corrected chi connectivity index (χ3v) is 3.92. The number of anilines is 2. The summed E-state index contributed by atoms with van der Waals surface area (Å²) in [4.78, 5) is 24.2. The molecule has 22 heavy (non-hydrogen) atoms. The van der Waals surface area contributed by atoms with Crippen LogP contribution in [0.5, 0.6) is 0 Å². The molecule has 1 aromatic carbocycles. The first-order chi connectivity index (χ1) is 10.6. The fourth-order valence-electron chi connectivity index (χ4n) is 2.51. The fourth-order valence-corrected chi connectivity index (χ4v) is 2.68. The Labute approximate surface area is 133 Å². The number of carbonyl (C=O) groups is 1. The van der Waals surface area contributed by atoms with E-state index in [1.165, 1.54) is 12.4 Å². The van der Waals surface area contributed by atoms with Gasteiger partial charge in [0.1, 0.15) is 5.69 Å². The molecule has 1 aliphatic heterocycles. The molecule has 1 aliphatic rings. The third kappa shape index (κ3) is 2.96. The maximum Gasteiger partial charge on any atom is 0.274 e. The summed E-state index contributed by atoms with van der Waals surface area (Å²) in [6, 6.07) is 5.43. The lowest BCUT2D eigenvalue weighted by Gasteiger charge is -2.36. The Hall–Kier alpha value is -2.34. The second-order valence-electron chi connectivity index (χ2n) is 5.07. The van der Waals surface area contributed by atoms with Crippen LogP contribution >= 0.6 is 11.6 Å². The first-order valence-electron chi connectivity index (χ1n) is 7.00. The predicted molar refractivity (Wildman–Crippen MR) is 86.0 cm³/mol. The number of hydrogen-bond acceptors (Lipinski definition) is 5. The number of carbonyl (C=O) groups excluding carboxylic acids is 1. The molecule has 0 unspecified atom stereocenters. The van der Waals surface area contributed by atoms with E-state index in [1.54, 1.807) is 23.2 Å².